The van der Waals surface area contributed by atoms with Gasteiger partial charge in [-0.2, -0.15) is 0 Å². The summed E-state index contributed by atoms with van der Waals surface area (Å²) in [5, 5.41) is 7.24. The third-order valence-electron chi connectivity index (χ3n) is 6.40. The molecule has 0 aromatic rings. The normalized spacial score (nSPS) is 33.3. The Hall–Kier alpha value is -0.850. The highest BCUT2D eigenvalue weighted by molar-refractivity contribution is 5.80. The molecule has 0 aromatic heterocycles. The van der Waals surface area contributed by atoms with E-state index in [1.165, 1.54) is 12.8 Å². The first-order valence-corrected chi connectivity index (χ1v) is 9.78. The molecule has 144 valence electrons. The molecule has 3 rings (SSSR count). The molecule has 1 saturated carbocycles. The maximum Gasteiger partial charge on any atom is 0.191 e. The van der Waals surface area contributed by atoms with Gasteiger partial charge in [0.15, 0.2) is 5.96 Å². The summed E-state index contributed by atoms with van der Waals surface area (Å²) in [5.41, 5.74) is 0.232. The lowest BCUT2D eigenvalue weighted by atomic mass is 9.55. The van der Waals surface area contributed by atoms with Crippen LogP contribution in [0.5, 0.6) is 0 Å². The number of nitrogens with one attached hydrogen (secondary N) is 2. The van der Waals surface area contributed by atoms with Gasteiger partial charge in [-0.25, -0.2) is 0 Å². The highest BCUT2D eigenvalue weighted by Gasteiger charge is 2.58. The van der Waals surface area contributed by atoms with E-state index in [2.05, 4.69) is 48.2 Å². The van der Waals surface area contributed by atoms with Gasteiger partial charge in [-0.3, -0.25) is 9.89 Å². The number of hydrogen-bond donors (Lipinski definition) is 2. The van der Waals surface area contributed by atoms with Crippen molar-refractivity contribution < 1.29 is 9.47 Å². The first-order chi connectivity index (χ1) is 11.9. The van der Waals surface area contributed by atoms with E-state index in [1.807, 2.05) is 7.05 Å². The molecular formula is C19H36N4O2. The third-order valence-corrected chi connectivity index (χ3v) is 6.40. The van der Waals surface area contributed by atoms with Crippen LogP contribution in [0.25, 0.3) is 0 Å². The van der Waals surface area contributed by atoms with Crippen molar-refractivity contribution in [1.29, 1.82) is 0 Å². The number of morpholine rings is 1. The molecule has 0 spiro atoms. The molecule has 2 N–H and O–H groups in total. The molecule has 0 radical (unpaired) electrons. The third kappa shape index (κ3) is 3.81. The van der Waals surface area contributed by atoms with E-state index in [4.69, 9.17) is 9.47 Å². The van der Waals surface area contributed by atoms with Crippen LogP contribution < -0.4 is 10.6 Å². The van der Waals surface area contributed by atoms with Gasteiger partial charge in [-0.05, 0) is 26.7 Å². The zero-order chi connectivity index (χ0) is 18.1. The minimum Gasteiger partial charge on any atom is -0.379 e. The second-order valence-corrected chi connectivity index (χ2v) is 8.88. The summed E-state index contributed by atoms with van der Waals surface area (Å²) in [6.07, 6.45) is 2.81. The molecule has 3 unspecified atom stereocenters. The highest BCUT2D eigenvalue weighted by atomic mass is 16.5. The van der Waals surface area contributed by atoms with E-state index in [9.17, 15) is 0 Å². The zero-order valence-corrected chi connectivity index (χ0v) is 16.6. The molecule has 6 heteroatoms. The molecule has 6 nitrogen and oxygen atoms in total. The fourth-order valence-electron chi connectivity index (χ4n) is 4.74. The quantitative estimate of drug-likeness (QED) is 0.593. The Morgan fingerprint density at radius 2 is 1.96 bits per heavy atom. The lowest BCUT2D eigenvalue weighted by Crippen LogP contribution is -2.71. The van der Waals surface area contributed by atoms with Gasteiger partial charge in [0, 0.05) is 56.2 Å². The van der Waals surface area contributed by atoms with E-state index < -0.39 is 0 Å². The van der Waals surface area contributed by atoms with Gasteiger partial charge in [0.05, 0.1) is 19.3 Å². The number of guanidine groups is 1. The van der Waals surface area contributed by atoms with Gasteiger partial charge in [0.25, 0.3) is 0 Å². The average Bonchev–Trinajstić information content (AvgIpc) is 2.62. The Bertz CT molecular complexity index is 486. The van der Waals surface area contributed by atoms with Crippen LogP contribution in [0.2, 0.25) is 0 Å². The number of fused-ring (bicyclic) bond motifs is 1. The predicted molar refractivity (Wildman–Crippen MR) is 101 cm³/mol. The minimum atomic E-state index is 0.0764. The Kier molecular flexibility index (Phi) is 5.61. The molecule has 25 heavy (non-hydrogen) atoms. The minimum absolute atomic E-state index is 0.0764. The van der Waals surface area contributed by atoms with Crippen molar-refractivity contribution in [1.82, 2.24) is 15.5 Å². The molecule has 0 amide bonds. The van der Waals surface area contributed by atoms with Gasteiger partial charge in [0.2, 0.25) is 0 Å². The fourth-order valence-corrected chi connectivity index (χ4v) is 4.74. The zero-order valence-electron chi connectivity index (χ0n) is 16.6. The number of ether oxygens (including phenoxy) is 2. The predicted octanol–water partition coefficient (Wildman–Crippen LogP) is 1.47. The summed E-state index contributed by atoms with van der Waals surface area (Å²) in [6, 6.07) is 0.426. The second kappa shape index (κ2) is 7.41. The van der Waals surface area contributed by atoms with Crippen LogP contribution in [-0.4, -0.2) is 75.0 Å². The van der Waals surface area contributed by atoms with Gasteiger partial charge in [0.1, 0.15) is 0 Å². The fraction of sp³-hybridized carbons (Fsp3) is 0.947. The largest absolute Gasteiger partial charge is 0.379 e. The molecule has 0 bridgehead atoms. The van der Waals surface area contributed by atoms with Crippen molar-refractivity contribution in [3.8, 4) is 0 Å². The highest BCUT2D eigenvalue weighted by Crippen LogP contribution is 2.51. The Labute approximate surface area is 152 Å². The average molecular weight is 353 g/mol. The molecule has 0 aromatic carbocycles. The monoisotopic (exact) mass is 352 g/mol. The maximum absolute atomic E-state index is 6.01. The van der Waals surface area contributed by atoms with E-state index in [1.54, 1.807) is 0 Å². The van der Waals surface area contributed by atoms with Crippen LogP contribution in [0.3, 0.4) is 0 Å². The lowest BCUT2D eigenvalue weighted by molar-refractivity contribution is -0.188. The Balaban J connectivity index is 1.54. The lowest BCUT2D eigenvalue weighted by Gasteiger charge is -2.60. The Morgan fingerprint density at radius 1 is 1.24 bits per heavy atom. The van der Waals surface area contributed by atoms with Crippen LogP contribution in [0.1, 0.15) is 40.5 Å². The van der Waals surface area contributed by atoms with Crippen LogP contribution in [0.4, 0.5) is 0 Å². The summed E-state index contributed by atoms with van der Waals surface area (Å²) >= 11 is 0. The van der Waals surface area contributed by atoms with Gasteiger partial charge in [-0.1, -0.05) is 13.8 Å². The summed E-state index contributed by atoms with van der Waals surface area (Å²) in [4.78, 5) is 6.97. The van der Waals surface area contributed by atoms with Crippen LogP contribution in [0, 0.1) is 11.3 Å². The Morgan fingerprint density at radius 3 is 2.64 bits per heavy atom. The molecule has 2 aliphatic heterocycles. The molecule has 3 aliphatic rings. The first kappa shape index (κ1) is 18.9. The van der Waals surface area contributed by atoms with Crippen molar-refractivity contribution in [3.63, 3.8) is 0 Å². The number of rotatable bonds is 4. The van der Waals surface area contributed by atoms with E-state index in [-0.39, 0.29) is 11.0 Å². The number of hydrogen-bond acceptors (Lipinski definition) is 4. The van der Waals surface area contributed by atoms with E-state index in [0.717, 1.165) is 45.4 Å². The van der Waals surface area contributed by atoms with Gasteiger partial charge in [-0.15, -0.1) is 0 Å². The molecule has 1 aliphatic carbocycles. The van der Waals surface area contributed by atoms with Crippen LogP contribution in [-0.2, 0) is 9.47 Å². The standard InChI is InChI=1S/C19H36N4O2/c1-18(2,23-8-11-24-12-9-23)13-21-17(20-5)22-15-14-7-6-10-25-16(14)19(15,3)4/h14-16H,6-13H2,1-5H3,(H2,20,21,22). The summed E-state index contributed by atoms with van der Waals surface area (Å²) in [7, 11) is 1.86. The maximum atomic E-state index is 6.01. The van der Waals surface area contributed by atoms with Gasteiger partial charge < -0.3 is 20.1 Å². The van der Waals surface area contributed by atoms with Gasteiger partial charge >= 0.3 is 0 Å². The smallest absolute Gasteiger partial charge is 0.191 e. The van der Waals surface area contributed by atoms with Crippen molar-refractivity contribution >= 4 is 5.96 Å². The van der Waals surface area contributed by atoms with Crippen LogP contribution in [0.15, 0.2) is 4.99 Å². The van der Waals surface area contributed by atoms with Crippen molar-refractivity contribution in [2.24, 2.45) is 16.3 Å². The summed E-state index contributed by atoms with van der Waals surface area (Å²) < 4.78 is 11.5. The molecule has 3 atom stereocenters. The summed E-state index contributed by atoms with van der Waals surface area (Å²) in [5.74, 6) is 1.51. The topological polar surface area (TPSA) is 58.1 Å². The van der Waals surface area contributed by atoms with Crippen molar-refractivity contribution in [2.45, 2.75) is 58.2 Å². The van der Waals surface area contributed by atoms with Crippen molar-refractivity contribution in [2.75, 3.05) is 46.5 Å². The number of nitrogens with zero attached hydrogens (tertiary/aromatic N) is 2. The van der Waals surface area contributed by atoms with Crippen molar-refractivity contribution in [3.05, 3.63) is 0 Å². The van der Waals surface area contributed by atoms with Crippen LogP contribution >= 0.6 is 0 Å². The summed E-state index contributed by atoms with van der Waals surface area (Å²) in [6.45, 7) is 14.6. The number of aliphatic imine (C=N–C) groups is 1. The molecule has 3 fully saturated rings. The molecule has 2 heterocycles. The van der Waals surface area contributed by atoms with E-state index in [0.29, 0.717) is 18.1 Å². The first-order valence-electron chi connectivity index (χ1n) is 9.78. The van der Waals surface area contributed by atoms with E-state index >= 15 is 0 Å². The SMILES string of the molecule is CN=C(NCC(C)(C)N1CCOCC1)NC1C2CCCOC2C1(C)C. The molecule has 2 saturated heterocycles. The molecular weight excluding hydrogens is 316 g/mol. The second-order valence-electron chi connectivity index (χ2n) is 8.88.